The van der Waals surface area contributed by atoms with E-state index in [2.05, 4.69) is 0 Å². The highest BCUT2D eigenvalue weighted by Crippen LogP contribution is 2.44. The van der Waals surface area contributed by atoms with E-state index < -0.39 is 5.63 Å². The molecular formula is C17H14O6. The van der Waals surface area contributed by atoms with Crippen LogP contribution in [0.3, 0.4) is 0 Å². The van der Waals surface area contributed by atoms with Crippen molar-refractivity contribution >= 4 is 11.0 Å². The highest BCUT2D eigenvalue weighted by molar-refractivity contribution is 5.98. The lowest BCUT2D eigenvalue weighted by atomic mass is 10.0. The van der Waals surface area contributed by atoms with Gasteiger partial charge in [0.05, 0.1) is 14.2 Å². The molecule has 1 heterocycles. The highest BCUT2D eigenvalue weighted by atomic mass is 16.5. The molecule has 0 fully saturated rings. The summed E-state index contributed by atoms with van der Waals surface area (Å²) in [4.78, 5) is 11.9. The molecule has 1 aromatic heterocycles. The fraction of sp³-hybridized carbons (Fsp3) is 0.118. The van der Waals surface area contributed by atoms with Gasteiger partial charge in [-0.1, -0.05) is 12.1 Å². The van der Waals surface area contributed by atoms with E-state index in [-0.39, 0.29) is 28.6 Å². The second-order valence-electron chi connectivity index (χ2n) is 4.86. The minimum Gasteiger partial charge on any atom is -0.508 e. The molecule has 0 bridgehead atoms. The zero-order valence-electron chi connectivity index (χ0n) is 12.5. The van der Waals surface area contributed by atoms with Crippen LogP contribution in [0.1, 0.15) is 0 Å². The van der Waals surface area contributed by atoms with Crippen molar-refractivity contribution in [2.45, 2.75) is 0 Å². The number of hydrogen-bond acceptors (Lipinski definition) is 6. The van der Waals surface area contributed by atoms with E-state index in [1.165, 1.54) is 32.4 Å². The SMILES string of the molecule is COc1cc2c(-c3ccc(O)cc3)cc(=O)oc2c(OC)c1O. The molecule has 0 unspecified atom stereocenters. The number of benzene rings is 2. The largest absolute Gasteiger partial charge is 0.508 e. The maximum Gasteiger partial charge on any atom is 0.336 e. The van der Waals surface area contributed by atoms with Crippen LogP contribution in [-0.4, -0.2) is 24.4 Å². The third-order valence-corrected chi connectivity index (χ3v) is 3.53. The fourth-order valence-electron chi connectivity index (χ4n) is 2.46. The summed E-state index contributed by atoms with van der Waals surface area (Å²) in [6.07, 6.45) is 0. The zero-order valence-corrected chi connectivity index (χ0v) is 12.5. The van der Waals surface area contributed by atoms with E-state index >= 15 is 0 Å². The maximum absolute atomic E-state index is 11.9. The lowest BCUT2D eigenvalue weighted by molar-refractivity contribution is 0.338. The number of fused-ring (bicyclic) bond motifs is 1. The van der Waals surface area contributed by atoms with Crippen molar-refractivity contribution in [3.63, 3.8) is 0 Å². The average Bonchev–Trinajstić information content (AvgIpc) is 2.54. The van der Waals surface area contributed by atoms with Crippen molar-refractivity contribution < 1.29 is 24.1 Å². The lowest BCUT2D eigenvalue weighted by Crippen LogP contribution is -2.00. The molecule has 0 aliphatic heterocycles. The molecule has 0 radical (unpaired) electrons. The first-order valence-corrected chi connectivity index (χ1v) is 6.76. The Morgan fingerprint density at radius 3 is 2.30 bits per heavy atom. The number of phenols is 2. The van der Waals surface area contributed by atoms with Crippen LogP contribution in [0.4, 0.5) is 0 Å². The number of rotatable bonds is 3. The Kier molecular flexibility index (Phi) is 3.57. The molecule has 2 aromatic carbocycles. The Bertz CT molecular complexity index is 924. The van der Waals surface area contributed by atoms with E-state index in [0.717, 1.165) is 0 Å². The summed E-state index contributed by atoms with van der Waals surface area (Å²) in [5.74, 6) is 0.0997. The molecule has 0 atom stereocenters. The van der Waals surface area contributed by atoms with Crippen LogP contribution >= 0.6 is 0 Å². The van der Waals surface area contributed by atoms with Gasteiger partial charge in [-0.15, -0.1) is 0 Å². The van der Waals surface area contributed by atoms with Gasteiger partial charge in [-0.3, -0.25) is 0 Å². The normalized spacial score (nSPS) is 10.7. The summed E-state index contributed by atoms with van der Waals surface area (Å²) in [6.45, 7) is 0. The van der Waals surface area contributed by atoms with Crippen molar-refractivity contribution in [2.75, 3.05) is 14.2 Å². The quantitative estimate of drug-likeness (QED) is 0.723. The van der Waals surface area contributed by atoms with Crippen molar-refractivity contribution in [2.24, 2.45) is 0 Å². The predicted molar refractivity (Wildman–Crippen MR) is 84.4 cm³/mol. The predicted octanol–water partition coefficient (Wildman–Crippen LogP) is 2.89. The van der Waals surface area contributed by atoms with Crippen LogP contribution in [0.5, 0.6) is 23.0 Å². The summed E-state index contributed by atoms with van der Waals surface area (Å²) < 4.78 is 15.5. The Morgan fingerprint density at radius 1 is 1.00 bits per heavy atom. The molecule has 0 aliphatic rings. The van der Waals surface area contributed by atoms with E-state index in [4.69, 9.17) is 13.9 Å². The monoisotopic (exact) mass is 314 g/mol. The van der Waals surface area contributed by atoms with Crippen molar-refractivity contribution in [1.82, 2.24) is 0 Å². The average molecular weight is 314 g/mol. The molecule has 0 amide bonds. The topological polar surface area (TPSA) is 89.1 Å². The van der Waals surface area contributed by atoms with Gasteiger partial charge >= 0.3 is 5.63 Å². The Hall–Kier alpha value is -3.15. The van der Waals surface area contributed by atoms with Gasteiger partial charge in [0.2, 0.25) is 11.5 Å². The summed E-state index contributed by atoms with van der Waals surface area (Å²) >= 11 is 0. The Morgan fingerprint density at radius 2 is 1.70 bits per heavy atom. The highest BCUT2D eigenvalue weighted by Gasteiger charge is 2.19. The first kappa shape index (κ1) is 14.8. The van der Waals surface area contributed by atoms with Crippen molar-refractivity contribution in [3.05, 3.63) is 46.8 Å². The van der Waals surface area contributed by atoms with Gasteiger partial charge < -0.3 is 24.1 Å². The van der Waals surface area contributed by atoms with Gasteiger partial charge in [0.25, 0.3) is 0 Å². The third kappa shape index (κ3) is 2.44. The van der Waals surface area contributed by atoms with E-state index in [1.807, 2.05) is 0 Å². The molecule has 0 aliphatic carbocycles. The molecule has 0 spiro atoms. The van der Waals surface area contributed by atoms with Crippen molar-refractivity contribution in [3.8, 4) is 34.1 Å². The summed E-state index contributed by atoms with van der Waals surface area (Å²) in [5, 5.41) is 20.1. The number of hydrogen-bond donors (Lipinski definition) is 2. The number of phenolic OH excluding ortho intramolecular Hbond substituents is 2. The molecule has 6 nitrogen and oxygen atoms in total. The van der Waals surface area contributed by atoms with Gasteiger partial charge in [0.15, 0.2) is 11.3 Å². The molecular weight excluding hydrogens is 300 g/mol. The van der Waals surface area contributed by atoms with Crippen molar-refractivity contribution in [1.29, 1.82) is 0 Å². The third-order valence-electron chi connectivity index (χ3n) is 3.53. The molecule has 6 heteroatoms. The summed E-state index contributed by atoms with van der Waals surface area (Å²) in [5.41, 5.74) is 0.827. The smallest absolute Gasteiger partial charge is 0.336 e. The maximum atomic E-state index is 11.9. The van der Waals surface area contributed by atoms with Crippen LogP contribution in [0, 0.1) is 0 Å². The van der Waals surface area contributed by atoms with E-state index in [9.17, 15) is 15.0 Å². The van der Waals surface area contributed by atoms with Crippen LogP contribution in [0.2, 0.25) is 0 Å². The summed E-state index contributed by atoms with van der Waals surface area (Å²) in [7, 11) is 2.78. The summed E-state index contributed by atoms with van der Waals surface area (Å²) in [6, 6.07) is 9.29. The zero-order chi connectivity index (χ0) is 16.6. The standard InChI is InChI=1S/C17H14O6/c1-21-13-7-12-11(9-3-5-10(18)6-4-9)8-14(19)23-16(12)17(22-2)15(13)20/h3-8,18,20H,1-2H3. The second-order valence-corrected chi connectivity index (χ2v) is 4.86. The van der Waals surface area contributed by atoms with Crippen LogP contribution < -0.4 is 15.1 Å². The Labute approximate surface area is 131 Å². The number of ether oxygens (including phenoxy) is 2. The van der Waals surface area contributed by atoms with Gasteiger partial charge in [-0.25, -0.2) is 4.79 Å². The molecule has 0 saturated heterocycles. The molecule has 3 rings (SSSR count). The molecule has 23 heavy (non-hydrogen) atoms. The number of aromatic hydroxyl groups is 2. The minimum absolute atomic E-state index is 0.0251. The van der Waals surface area contributed by atoms with Gasteiger partial charge in [0.1, 0.15) is 5.75 Å². The van der Waals surface area contributed by atoms with Crippen LogP contribution in [0.15, 0.2) is 45.6 Å². The van der Waals surface area contributed by atoms with Gasteiger partial charge in [-0.05, 0) is 23.8 Å². The molecule has 118 valence electrons. The minimum atomic E-state index is -0.580. The second kappa shape index (κ2) is 5.57. The fourth-order valence-corrected chi connectivity index (χ4v) is 2.46. The van der Waals surface area contributed by atoms with Gasteiger partial charge in [0, 0.05) is 17.0 Å². The first-order chi connectivity index (χ1) is 11.0. The molecule has 2 N–H and O–H groups in total. The van der Waals surface area contributed by atoms with Crippen LogP contribution in [0.25, 0.3) is 22.1 Å². The van der Waals surface area contributed by atoms with E-state index in [0.29, 0.717) is 16.5 Å². The lowest BCUT2D eigenvalue weighted by Gasteiger charge is -2.13. The molecule has 0 saturated carbocycles. The number of methoxy groups -OCH3 is 2. The Balaban J connectivity index is 2.42. The first-order valence-electron chi connectivity index (χ1n) is 6.76. The van der Waals surface area contributed by atoms with E-state index in [1.54, 1.807) is 18.2 Å². The van der Waals surface area contributed by atoms with Gasteiger partial charge in [-0.2, -0.15) is 0 Å². The van der Waals surface area contributed by atoms with Crippen LogP contribution in [-0.2, 0) is 0 Å². The molecule has 3 aromatic rings.